The number of aryl methyl sites for hydroxylation is 2. The standard InChI is InChI=1S/C19H23N3O3/c1-12-9-13(2)22(21-12)17-6-4-3-5-16(17)11-20-18(23)14-7-8-15(10-14)19(24)25/h3-6,9,14-15H,7-8,10-11H2,1-2H3,(H,20,23)(H,24,25)/t14-,15+/m1/s1. The van der Waals surface area contributed by atoms with E-state index in [-0.39, 0.29) is 11.8 Å². The first-order chi connectivity index (χ1) is 12.0. The number of rotatable bonds is 5. The zero-order valence-corrected chi connectivity index (χ0v) is 14.5. The van der Waals surface area contributed by atoms with Gasteiger partial charge >= 0.3 is 5.97 Å². The Balaban J connectivity index is 1.69. The molecule has 0 radical (unpaired) electrons. The Kier molecular flexibility index (Phi) is 4.88. The lowest BCUT2D eigenvalue weighted by Crippen LogP contribution is -2.29. The van der Waals surface area contributed by atoms with Crippen molar-refractivity contribution in [1.82, 2.24) is 15.1 Å². The fourth-order valence-electron chi connectivity index (χ4n) is 3.51. The van der Waals surface area contributed by atoms with Crippen LogP contribution >= 0.6 is 0 Å². The SMILES string of the molecule is Cc1cc(C)n(-c2ccccc2CNC(=O)[C@@H]2CC[C@H](C(=O)O)C2)n1. The maximum Gasteiger partial charge on any atom is 0.306 e. The predicted octanol–water partition coefficient (Wildman–Crippen LogP) is 2.61. The Morgan fingerprint density at radius 2 is 1.96 bits per heavy atom. The maximum absolute atomic E-state index is 12.4. The van der Waals surface area contributed by atoms with E-state index in [1.807, 2.05) is 48.9 Å². The minimum atomic E-state index is -0.801. The van der Waals surface area contributed by atoms with Crippen LogP contribution in [-0.2, 0) is 16.1 Å². The molecule has 6 heteroatoms. The Morgan fingerprint density at radius 3 is 2.60 bits per heavy atom. The number of aliphatic carboxylic acids is 1. The molecule has 132 valence electrons. The summed E-state index contributed by atoms with van der Waals surface area (Å²) in [6, 6.07) is 9.86. The molecule has 0 bridgehead atoms. The van der Waals surface area contributed by atoms with Gasteiger partial charge in [0, 0.05) is 18.2 Å². The van der Waals surface area contributed by atoms with Gasteiger partial charge in [-0.2, -0.15) is 5.10 Å². The van der Waals surface area contributed by atoms with Crippen molar-refractivity contribution in [1.29, 1.82) is 0 Å². The van der Waals surface area contributed by atoms with Crippen molar-refractivity contribution in [3.05, 3.63) is 47.3 Å². The molecule has 25 heavy (non-hydrogen) atoms. The summed E-state index contributed by atoms with van der Waals surface area (Å²) in [6.07, 6.45) is 1.65. The lowest BCUT2D eigenvalue weighted by atomic mass is 10.0. The summed E-state index contributed by atoms with van der Waals surface area (Å²) in [5, 5.41) is 16.5. The van der Waals surface area contributed by atoms with Crippen LogP contribution in [0.15, 0.2) is 30.3 Å². The number of carboxylic acid groups (broad SMARTS) is 1. The number of nitrogens with zero attached hydrogens (tertiary/aromatic N) is 2. The van der Waals surface area contributed by atoms with Crippen molar-refractivity contribution in [3.63, 3.8) is 0 Å². The first-order valence-corrected chi connectivity index (χ1v) is 8.57. The van der Waals surface area contributed by atoms with Gasteiger partial charge in [0.2, 0.25) is 5.91 Å². The van der Waals surface area contributed by atoms with E-state index in [1.54, 1.807) is 0 Å². The van der Waals surface area contributed by atoms with Crippen LogP contribution < -0.4 is 5.32 Å². The van der Waals surface area contributed by atoms with Crippen LogP contribution in [0.25, 0.3) is 5.69 Å². The number of nitrogens with one attached hydrogen (secondary N) is 1. The van der Waals surface area contributed by atoms with Crippen molar-refractivity contribution in [3.8, 4) is 5.69 Å². The molecule has 1 aliphatic rings. The van der Waals surface area contributed by atoms with Gasteiger partial charge in [-0.15, -0.1) is 0 Å². The Bertz CT molecular complexity index is 797. The van der Waals surface area contributed by atoms with Gasteiger partial charge in [0.05, 0.1) is 17.3 Å². The number of hydrogen-bond acceptors (Lipinski definition) is 3. The average molecular weight is 341 g/mol. The molecule has 2 aromatic rings. The molecule has 1 aromatic carbocycles. The minimum Gasteiger partial charge on any atom is -0.481 e. The molecule has 1 aliphatic carbocycles. The molecule has 2 atom stereocenters. The van der Waals surface area contributed by atoms with Crippen LogP contribution in [0.4, 0.5) is 0 Å². The second-order valence-corrected chi connectivity index (χ2v) is 6.73. The predicted molar refractivity (Wildman–Crippen MR) is 93.4 cm³/mol. The molecule has 0 unspecified atom stereocenters. The monoisotopic (exact) mass is 341 g/mol. The van der Waals surface area contributed by atoms with E-state index in [0.29, 0.717) is 25.8 Å². The van der Waals surface area contributed by atoms with Crippen molar-refractivity contribution < 1.29 is 14.7 Å². The smallest absolute Gasteiger partial charge is 0.306 e. The van der Waals surface area contributed by atoms with Crippen molar-refractivity contribution in [2.45, 2.75) is 39.7 Å². The maximum atomic E-state index is 12.4. The van der Waals surface area contributed by atoms with Crippen LogP contribution in [0.5, 0.6) is 0 Å². The highest BCUT2D eigenvalue weighted by molar-refractivity contribution is 5.80. The Labute approximate surface area is 146 Å². The van der Waals surface area contributed by atoms with Crippen molar-refractivity contribution in [2.75, 3.05) is 0 Å². The number of benzene rings is 1. The highest BCUT2D eigenvalue weighted by Crippen LogP contribution is 2.31. The largest absolute Gasteiger partial charge is 0.481 e. The third-order valence-electron chi connectivity index (χ3n) is 4.84. The van der Waals surface area contributed by atoms with Gasteiger partial charge in [-0.1, -0.05) is 18.2 Å². The van der Waals surface area contributed by atoms with E-state index in [1.165, 1.54) is 0 Å². The summed E-state index contributed by atoms with van der Waals surface area (Å²) in [6.45, 7) is 4.36. The Hall–Kier alpha value is -2.63. The number of amides is 1. The molecule has 3 rings (SSSR count). The second kappa shape index (κ2) is 7.09. The summed E-state index contributed by atoms with van der Waals surface area (Å²) in [7, 11) is 0. The minimum absolute atomic E-state index is 0.0630. The lowest BCUT2D eigenvalue weighted by molar-refractivity contribution is -0.141. The van der Waals surface area contributed by atoms with Crippen LogP contribution in [-0.4, -0.2) is 26.8 Å². The molecule has 0 saturated heterocycles. The normalized spacial score (nSPS) is 19.8. The van der Waals surface area contributed by atoms with Gasteiger partial charge in [-0.05, 0) is 50.8 Å². The summed E-state index contributed by atoms with van der Waals surface area (Å²) < 4.78 is 1.88. The van der Waals surface area contributed by atoms with Crippen LogP contribution in [0, 0.1) is 25.7 Å². The molecule has 2 N–H and O–H groups in total. The van der Waals surface area contributed by atoms with Gasteiger partial charge in [0.15, 0.2) is 0 Å². The summed E-state index contributed by atoms with van der Waals surface area (Å²) in [4.78, 5) is 23.4. The van der Waals surface area contributed by atoms with E-state index in [9.17, 15) is 9.59 Å². The quantitative estimate of drug-likeness (QED) is 0.875. The van der Waals surface area contributed by atoms with E-state index in [4.69, 9.17) is 5.11 Å². The third kappa shape index (κ3) is 3.73. The molecule has 0 spiro atoms. The topological polar surface area (TPSA) is 84.2 Å². The summed E-state index contributed by atoms with van der Waals surface area (Å²) >= 11 is 0. The number of hydrogen-bond donors (Lipinski definition) is 2. The van der Waals surface area contributed by atoms with Gasteiger partial charge in [-0.25, -0.2) is 4.68 Å². The number of carbonyl (C=O) groups excluding carboxylic acids is 1. The highest BCUT2D eigenvalue weighted by atomic mass is 16.4. The molecular formula is C19H23N3O3. The zero-order chi connectivity index (χ0) is 18.0. The molecule has 0 aliphatic heterocycles. The molecular weight excluding hydrogens is 318 g/mol. The first-order valence-electron chi connectivity index (χ1n) is 8.57. The van der Waals surface area contributed by atoms with Gasteiger partial charge in [0.25, 0.3) is 0 Å². The molecule has 1 saturated carbocycles. The molecule has 1 amide bonds. The van der Waals surface area contributed by atoms with Crippen molar-refractivity contribution >= 4 is 11.9 Å². The molecule has 6 nitrogen and oxygen atoms in total. The number of aromatic nitrogens is 2. The lowest BCUT2D eigenvalue weighted by Gasteiger charge is -2.14. The van der Waals surface area contributed by atoms with Gasteiger partial charge in [-0.3, -0.25) is 9.59 Å². The molecule has 1 fully saturated rings. The van der Waals surface area contributed by atoms with E-state index >= 15 is 0 Å². The summed E-state index contributed by atoms with van der Waals surface area (Å²) in [5.41, 5.74) is 3.91. The molecule has 1 aromatic heterocycles. The number of carboxylic acids is 1. The third-order valence-corrected chi connectivity index (χ3v) is 4.84. The average Bonchev–Trinajstić information content (AvgIpc) is 3.19. The van der Waals surface area contributed by atoms with Crippen molar-refractivity contribution in [2.24, 2.45) is 11.8 Å². The van der Waals surface area contributed by atoms with E-state index in [2.05, 4.69) is 10.4 Å². The fraction of sp³-hybridized carbons (Fsp3) is 0.421. The first kappa shape index (κ1) is 17.2. The summed E-state index contributed by atoms with van der Waals surface area (Å²) in [5.74, 6) is -1.46. The number of para-hydroxylation sites is 1. The highest BCUT2D eigenvalue weighted by Gasteiger charge is 2.33. The van der Waals surface area contributed by atoms with Crippen LogP contribution in [0.3, 0.4) is 0 Å². The number of carbonyl (C=O) groups is 2. The zero-order valence-electron chi connectivity index (χ0n) is 14.5. The Morgan fingerprint density at radius 1 is 1.24 bits per heavy atom. The van der Waals surface area contributed by atoms with Gasteiger partial charge < -0.3 is 10.4 Å². The fourth-order valence-corrected chi connectivity index (χ4v) is 3.51. The van der Waals surface area contributed by atoms with E-state index in [0.717, 1.165) is 22.6 Å². The second-order valence-electron chi connectivity index (χ2n) is 6.73. The van der Waals surface area contributed by atoms with Crippen LogP contribution in [0.1, 0.15) is 36.2 Å². The van der Waals surface area contributed by atoms with Crippen LogP contribution in [0.2, 0.25) is 0 Å². The molecule has 1 heterocycles. The van der Waals surface area contributed by atoms with Gasteiger partial charge in [0.1, 0.15) is 0 Å². The van der Waals surface area contributed by atoms with E-state index < -0.39 is 11.9 Å².